The zero-order chi connectivity index (χ0) is 20.5. The minimum absolute atomic E-state index is 0.187. The second-order valence-corrected chi connectivity index (χ2v) is 8.76. The van der Waals surface area contributed by atoms with Crippen molar-refractivity contribution in [2.45, 2.75) is 20.4 Å². The highest BCUT2D eigenvalue weighted by Gasteiger charge is 2.23. The normalized spacial score (nSPS) is 11.0. The van der Waals surface area contributed by atoms with Crippen LogP contribution in [0.4, 0.5) is 5.13 Å². The van der Waals surface area contributed by atoms with E-state index < -0.39 is 0 Å². The molecule has 0 unspecified atom stereocenters. The molecule has 0 fully saturated rings. The summed E-state index contributed by atoms with van der Waals surface area (Å²) in [5.74, 6) is -0.187. The fourth-order valence-corrected chi connectivity index (χ4v) is 4.82. The van der Waals surface area contributed by atoms with Gasteiger partial charge in [-0.15, -0.1) is 0 Å². The van der Waals surface area contributed by atoms with Gasteiger partial charge in [-0.05, 0) is 48.7 Å². The van der Waals surface area contributed by atoms with Gasteiger partial charge in [0.15, 0.2) is 5.13 Å². The van der Waals surface area contributed by atoms with Crippen molar-refractivity contribution in [3.63, 3.8) is 0 Å². The first kappa shape index (κ1) is 19.9. The quantitative estimate of drug-likeness (QED) is 0.339. The molecule has 0 aliphatic heterocycles. The van der Waals surface area contributed by atoms with Gasteiger partial charge in [0.05, 0.1) is 16.8 Å². The zero-order valence-corrected chi connectivity index (χ0v) is 18.3. The number of halogens is 2. The summed E-state index contributed by atoms with van der Waals surface area (Å²) in [4.78, 5) is 20.0. The number of amides is 1. The van der Waals surface area contributed by atoms with Crippen molar-refractivity contribution in [2.75, 3.05) is 4.90 Å². The van der Waals surface area contributed by atoms with E-state index in [0.717, 1.165) is 26.9 Å². The SMILES string of the molecule is Cc1ccc(C)c2sc(N(Cc3ccccc3)C(=O)c3cc(Cl)cc(Cl)c3)nc12. The lowest BCUT2D eigenvalue weighted by atomic mass is 10.1. The first-order valence-electron chi connectivity index (χ1n) is 9.11. The van der Waals surface area contributed by atoms with E-state index >= 15 is 0 Å². The van der Waals surface area contributed by atoms with Crippen LogP contribution in [-0.2, 0) is 6.54 Å². The molecule has 0 radical (unpaired) electrons. The number of carbonyl (C=O) groups is 1. The molecule has 6 heteroatoms. The smallest absolute Gasteiger partial charge is 0.260 e. The molecule has 0 aliphatic carbocycles. The van der Waals surface area contributed by atoms with Gasteiger partial charge < -0.3 is 0 Å². The van der Waals surface area contributed by atoms with Gasteiger partial charge >= 0.3 is 0 Å². The number of carbonyl (C=O) groups excluding carboxylic acids is 1. The lowest BCUT2D eigenvalue weighted by Crippen LogP contribution is -2.30. The molecule has 0 atom stereocenters. The average molecular weight is 441 g/mol. The van der Waals surface area contributed by atoms with E-state index in [2.05, 4.69) is 19.1 Å². The van der Waals surface area contributed by atoms with E-state index in [-0.39, 0.29) is 5.91 Å². The van der Waals surface area contributed by atoms with Crippen molar-refractivity contribution in [3.8, 4) is 0 Å². The summed E-state index contributed by atoms with van der Waals surface area (Å²) in [5.41, 5.74) is 4.62. The molecule has 1 aromatic heterocycles. The number of rotatable bonds is 4. The van der Waals surface area contributed by atoms with E-state index in [1.807, 2.05) is 37.3 Å². The zero-order valence-electron chi connectivity index (χ0n) is 15.9. The molecule has 1 amide bonds. The van der Waals surface area contributed by atoms with Crippen molar-refractivity contribution >= 4 is 55.8 Å². The van der Waals surface area contributed by atoms with Crippen molar-refractivity contribution in [1.82, 2.24) is 4.98 Å². The van der Waals surface area contributed by atoms with Crippen LogP contribution in [0.5, 0.6) is 0 Å². The Morgan fingerprint density at radius 2 is 1.62 bits per heavy atom. The molecule has 29 heavy (non-hydrogen) atoms. The topological polar surface area (TPSA) is 33.2 Å². The highest BCUT2D eigenvalue weighted by atomic mass is 35.5. The number of benzene rings is 3. The van der Waals surface area contributed by atoms with E-state index in [0.29, 0.717) is 27.3 Å². The Balaban J connectivity index is 1.83. The van der Waals surface area contributed by atoms with Crippen LogP contribution < -0.4 is 4.90 Å². The third-order valence-electron chi connectivity index (χ3n) is 4.70. The van der Waals surface area contributed by atoms with Gasteiger partial charge in [-0.1, -0.05) is 77.0 Å². The maximum atomic E-state index is 13.5. The molecule has 0 aliphatic rings. The van der Waals surface area contributed by atoms with Gasteiger partial charge in [-0.25, -0.2) is 4.98 Å². The number of hydrogen-bond acceptors (Lipinski definition) is 3. The second-order valence-electron chi connectivity index (χ2n) is 6.91. The second kappa shape index (κ2) is 8.15. The third-order valence-corrected chi connectivity index (χ3v) is 6.35. The molecule has 0 saturated carbocycles. The van der Waals surface area contributed by atoms with Crippen LogP contribution in [0.25, 0.3) is 10.2 Å². The summed E-state index contributed by atoms with van der Waals surface area (Å²) in [5, 5.41) is 1.51. The Bertz CT molecular complexity index is 1150. The highest BCUT2D eigenvalue weighted by Crippen LogP contribution is 2.34. The number of anilines is 1. The maximum Gasteiger partial charge on any atom is 0.260 e. The number of fused-ring (bicyclic) bond motifs is 1. The lowest BCUT2D eigenvalue weighted by Gasteiger charge is -2.20. The average Bonchev–Trinajstić information content (AvgIpc) is 3.15. The first-order valence-corrected chi connectivity index (χ1v) is 10.7. The highest BCUT2D eigenvalue weighted by molar-refractivity contribution is 7.22. The fourth-order valence-electron chi connectivity index (χ4n) is 3.19. The van der Waals surface area contributed by atoms with Gasteiger partial charge in [-0.2, -0.15) is 0 Å². The predicted octanol–water partition coefficient (Wildman–Crippen LogP) is 7.07. The molecule has 0 N–H and O–H groups in total. The van der Waals surface area contributed by atoms with Crippen molar-refractivity contribution in [3.05, 3.63) is 93.0 Å². The summed E-state index contributed by atoms with van der Waals surface area (Å²) in [6.45, 7) is 4.50. The fraction of sp³-hybridized carbons (Fsp3) is 0.130. The molecule has 0 bridgehead atoms. The number of aromatic nitrogens is 1. The van der Waals surface area contributed by atoms with Crippen LogP contribution in [0.2, 0.25) is 10.0 Å². The summed E-state index contributed by atoms with van der Waals surface area (Å²) in [6, 6.07) is 18.9. The predicted molar refractivity (Wildman–Crippen MR) is 123 cm³/mol. The molecule has 1 heterocycles. The molecule has 3 nitrogen and oxygen atoms in total. The minimum atomic E-state index is -0.187. The van der Waals surface area contributed by atoms with Crippen LogP contribution in [0, 0.1) is 13.8 Å². The Morgan fingerprint density at radius 3 is 2.28 bits per heavy atom. The number of thiazole rings is 1. The summed E-state index contributed by atoms with van der Waals surface area (Å²) < 4.78 is 1.09. The molecule has 146 valence electrons. The molecular formula is C23H18Cl2N2OS. The third kappa shape index (κ3) is 4.15. The number of hydrogen-bond donors (Lipinski definition) is 0. The largest absolute Gasteiger partial charge is 0.279 e. The van der Waals surface area contributed by atoms with E-state index in [9.17, 15) is 4.79 Å². The number of aryl methyl sites for hydroxylation is 2. The summed E-state index contributed by atoms with van der Waals surface area (Å²) in [6.07, 6.45) is 0. The van der Waals surface area contributed by atoms with Crippen molar-refractivity contribution < 1.29 is 4.79 Å². The Kier molecular flexibility index (Phi) is 5.59. The lowest BCUT2D eigenvalue weighted by molar-refractivity contribution is 0.0985. The summed E-state index contributed by atoms with van der Waals surface area (Å²) in [7, 11) is 0. The van der Waals surface area contributed by atoms with Gasteiger partial charge in [0.1, 0.15) is 0 Å². The molecule has 3 aromatic carbocycles. The van der Waals surface area contributed by atoms with Crippen LogP contribution in [0.15, 0.2) is 60.7 Å². The van der Waals surface area contributed by atoms with Gasteiger partial charge in [0.2, 0.25) is 0 Å². The minimum Gasteiger partial charge on any atom is -0.279 e. The van der Waals surface area contributed by atoms with E-state index in [1.54, 1.807) is 23.1 Å². The molecular weight excluding hydrogens is 423 g/mol. The molecule has 4 aromatic rings. The Hall–Kier alpha value is -2.40. The summed E-state index contributed by atoms with van der Waals surface area (Å²) >= 11 is 13.8. The van der Waals surface area contributed by atoms with Crippen molar-refractivity contribution in [2.24, 2.45) is 0 Å². The van der Waals surface area contributed by atoms with Gasteiger partial charge in [0, 0.05) is 15.6 Å². The Labute approximate surface area is 183 Å². The standard InChI is InChI=1S/C23H18Cl2N2OS/c1-14-8-9-15(2)21-20(14)26-23(29-21)27(13-16-6-4-3-5-7-16)22(28)17-10-18(24)12-19(25)11-17/h3-12H,13H2,1-2H3. The van der Waals surface area contributed by atoms with Crippen LogP contribution in [-0.4, -0.2) is 10.9 Å². The monoisotopic (exact) mass is 440 g/mol. The van der Waals surface area contributed by atoms with E-state index in [1.165, 1.54) is 11.3 Å². The van der Waals surface area contributed by atoms with Gasteiger partial charge in [-0.3, -0.25) is 9.69 Å². The molecule has 0 spiro atoms. The maximum absolute atomic E-state index is 13.5. The van der Waals surface area contributed by atoms with Crippen LogP contribution in [0.1, 0.15) is 27.0 Å². The van der Waals surface area contributed by atoms with Crippen LogP contribution >= 0.6 is 34.5 Å². The first-order chi connectivity index (χ1) is 13.9. The Morgan fingerprint density at radius 1 is 0.966 bits per heavy atom. The van der Waals surface area contributed by atoms with E-state index in [4.69, 9.17) is 28.2 Å². The van der Waals surface area contributed by atoms with Gasteiger partial charge in [0.25, 0.3) is 5.91 Å². The van der Waals surface area contributed by atoms with Crippen LogP contribution in [0.3, 0.4) is 0 Å². The molecule has 0 saturated heterocycles. The number of nitrogens with zero attached hydrogens (tertiary/aromatic N) is 2. The van der Waals surface area contributed by atoms with Crippen molar-refractivity contribution in [1.29, 1.82) is 0 Å². The molecule has 4 rings (SSSR count).